The Bertz CT molecular complexity index is 537. The minimum atomic E-state index is -3.18. The van der Waals surface area contributed by atoms with Gasteiger partial charge in [0.2, 0.25) is 0 Å². The molecule has 20 heavy (non-hydrogen) atoms. The summed E-state index contributed by atoms with van der Waals surface area (Å²) in [5.41, 5.74) is 0.814. The molecule has 0 radical (unpaired) electrons. The van der Waals surface area contributed by atoms with E-state index in [-0.39, 0.29) is 5.75 Å². The lowest BCUT2D eigenvalue weighted by Gasteiger charge is -2.25. The summed E-state index contributed by atoms with van der Waals surface area (Å²) in [6, 6.07) is 7.78. The smallest absolute Gasteiger partial charge is 0.180 e. The van der Waals surface area contributed by atoms with Gasteiger partial charge in [0.15, 0.2) is 9.84 Å². The van der Waals surface area contributed by atoms with E-state index in [4.69, 9.17) is 0 Å². The van der Waals surface area contributed by atoms with Crippen LogP contribution in [-0.4, -0.2) is 40.3 Å². The van der Waals surface area contributed by atoms with Gasteiger partial charge < -0.3 is 10.2 Å². The number of sulfone groups is 1. The van der Waals surface area contributed by atoms with Gasteiger partial charge in [-0.25, -0.2) is 8.42 Å². The van der Waals surface area contributed by atoms with Gasteiger partial charge >= 0.3 is 0 Å². The number of para-hydroxylation sites is 1. The van der Waals surface area contributed by atoms with Crippen molar-refractivity contribution in [2.75, 3.05) is 30.8 Å². The fourth-order valence-electron chi connectivity index (χ4n) is 2.76. The van der Waals surface area contributed by atoms with Crippen LogP contribution in [-0.2, 0) is 9.84 Å². The molecule has 1 aromatic carbocycles. The number of anilines is 1. The maximum absolute atomic E-state index is 12.4. The maximum Gasteiger partial charge on any atom is 0.180 e. The van der Waals surface area contributed by atoms with Crippen LogP contribution in [0.2, 0.25) is 0 Å². The molecule has 1 saturated heterocycles. The second-order valence-corrected chi connectivity index (χ2v) is 7.54. The van der Waals surface area contributed by atoms with Gasteiger partial charge in [0, 0.05) is 19.6 Å². The van der Waals surface area contributed by atoms with Crippen LogP contribution < -0.4 is 10.2 Å². The molecular formula is C15H24N2O2S. The number of rotatable bonds is 6. The van der Waals surface area contributed by atoms with Crippen molar-refractivity contribution in [3.8, 4) is 0 Å². The first-order chi connectivity index (χ1) is 9.54. The highest BCUT2D eigenvalue weighted by Gasteiger charge is 2.22. The number of benzene rings is 1. The molecule has 0 saturated carbocycles. The van der Waals surface area contributed by atoms with Crippen LogP contribution in [0, 0.1) is 0 Å². The van der Waals surface area contributed by atoms with Crippen LogP contribution in [0.1, 0.15) is 26.2 Å². The SMILES string of the molecule is CCCS(=O)(=O)c1ccccc1N(C)CC1CCCN1. The molecule has 4 nitrogen and oxygen atoms in total. The van der Waals surface area contributed by atoms with E-state index in [0.717, 1.165) is 25.2 Å². The lowest BCUT2D eigenvalue weighted by atomic mass is 10.2. The molecule has 5 heteroatoms. The molecule has 1 aliphatic heterocycles. The molecule has 1 aliphatic rings. The number of likely N-dealkylation sites (N-methyl/N-ethyl adjacent to an activating group) is 1. The molecule has 0 amide bonds. The van der Waals surface area contributed by atoms with E-state index in [1.807, 2.05) is 26.1 Å². The number of hydrogen-bond donors (Lipinski definition) is 1. The molecule has 0 aliphatic carbocycles. The van der Waals surface area contributed by atoms with Gasteiger partial charge in [-0.3, -0.25) is 0 Å². The van der Waals surface area contributed by atoms with E-state index >= 15 is 0 Å². The van der Waals surface area contributed by atoms with E-state index in [1.165, 1.54) is 6.42 Å². The fraction of sp³-hybridized carbons (Fsp3) is 0.600. The zero-order chi connectivity index (χ0) is 14.6. The second-order valence-electron chi connectivity index (χ2n) is 5.46. The number of nitrogens with zero attached hydrogens (tertiary/aromatic N) is 1. The third-order valence-electron chi connectivity index (χ3n) is 3.74. The first-order valence-electron chi connectivity index (χ1n) is 7.31. The second kappa shape index (κ2) is 6.59. The Morgan fingerprint density at radius 1 is 1.35 bits per heavy atom. The predicted octanol–water partition coefficient (Wildman–Crippen LogP) is 2.06. The van der Waals surface area contributed by atoms with Crippen LogP contribution >= 0.6 is 0 Å². The van der Waals surface area contributed by atoms with Crippen molar-refractivity contribution < 1.29 is 8.42 Å². The summed E-state index contributed by atoms with van der Waals surface area (Å²) in [6.45, 7) is 3.80. The molecule has 0 aromatic heterocycles. The summed E-state index contributed by atoms with van der Waals surface area (Å²) in [5.74, 6) is 0.208. The van der Waals surface area contributed by atoms with Gasteiger partial charge in [0.1, 0.15) is 0 Å². The Hall–Kier alpha value is -1.07. The Morgan fingerprint density at radius 2 is 2.10 bits per heavy atom. The molecule has 1 atom stereocenters. The average molecular weight is 296 g/mol. The topological polar surface area (TPSA) is 49.4 Å². The van der Waals surface area contributed by atoms with E-state index < -0.39 is 9.84 Å². The summed E-state index contributed by atoms with van der Waals surface area (Å²) in [4.78, 5) is 2.52. The zero-order valence-electron chi connectivity index (χ0n) is 12.3. The van der Waals surface area contributed by atoms with E-state index in [2.05, 4.69) is 10.2 Å². The first-order valence-corrected chi connectivity index (χ1v) is 8.96. The predicted molar refractivity (Wildman–Crippen MR) is 83.1 cm³/mol. The number of nitrogens with one attached hydrogen (secondary N) is 1. The molecule has 1 heterocycles. The highest BCUT2D eigenvalue weighted by molar-refractivity contribution is 7.91. The Labute approximate surface area is 122 Å². The normalized spacial score (nSPS) is 19.2. The van der Waals surface area contributed by atoms with Crippen LogP contribution in [0.15, 0.2) is 29.2 Å². The van der Waals surface area contributed by atoms with Crippen molar-refractivity contribution in [1.82, 2.24) is 5.32 Å². The molecule has 1 aromatic rings. The van der Waals surface area contributed by atoms with Crippen molar-refractivity contribution in [1.29, 1.82) is 0 Å². The summed E-state index contributed by atoms with van der Waals surface area (Å²) in [5, 5.41) is 3.45. The largest absolute Gasteiger partial charge is 0.372 e. The van der Waals surface area contributed by atoms with Gasteiger partial charge in [-0.1, -0.05) is 19.1 Å². The van der Waals surface area contributed by atoms with Gasteiger partial charge in [-0.05, 0) is 37.9 Å². The Kier molecular flexibility index (Phi) is 5.05. The van der Waals surface area contributed by atoms with Crippen molar-refractivity contribution in [3.63, 3.8) is 0 Å². The van der Waals surface area contributed by atoms with Crippen LogP contribution in [0.4, 0.5) is 5.69 Å². The summed E-state index contributed by atoms with van der Waals surface area (Å²) in [6.07, 6.45) is 3.01. The van der Waals surface area contributed by atoms with E-state index in [0.29, 0.717) is 17.4 Å². The first kappa shape index (κ1) is 15.3. The van der Waals surface area contributed by atoms with E-state index in [9.17, 15) is 8.42 Å². The molecule has 1 fully saturated rings. The minimum absolute atomic E-state index is 0.208. The molecular weight excluding hydrogens is 272 g/mol. The summed E-state index contributed by atoms with van der Waals surface area (Å²) in [7, 11) is -1.21. The highest BCUT2D eigenvalue weighted by Crippen LogP contribution is 2.26. The van der Waals surface area contributed by atoms with Gasteiger partial charge in [-0.2, -0.15) is 0 Å². The maximum atomic E-state index is 12.4. The zero-order valence-corrected chi connectivity index (χ0v) is 13.1. The third-order valence-corrected chi connectivity index (χ3v) is 5.70. The third kappa shape index (κ3) is 3.52. The molecule has 0 spiro atoms. The van der Waals surface area contributed by atoms with E-state index in [1.54, 1.807) is 12.1 Å². The standard InChI is InChI=1S/C15H24N2O2S/c1-3-11-20(18,19)15-9-5-4-8-14(15)17(2)12-13-7-6-10-16-13/h4-5,8-9,13,16H,3,6-7,10-12H2,1-2H3. The molecule has 1 N–H and O–H groups in total. The number of hydrogen-bond acceptors (Lipinski definition) is 4. The van der Waals surface area contributed by atoms with Crippen molar-refractivity contribution in [3.05, 3.63) is 24.3 Å². The van der Waals surface area contributed by atoms with Crippen molar-refractivity contribution >= 4 is 15.5 Å². The minimum Gasteiger partial charge on any atom is -0.372 e. The molecule has 0 bridgehead atoms. The van der Waals surface area contributed by atoms with Gasteiger partial charge in [0.05, 0.1) is 16.3 Å². The Balaban J connectivity index is 2.22. The monoisotopic (exact) mass is 296 g/mol. The summed E-state index contributed by atoms with van der Waals surface area (Å²) >= 11 is 0. The van der Waals surface area contributed by atoms with Crippen LogP contribution in [0.25, 0.3) is 0 Å². The lowest BCUT2D eigenvalue weighted by molar-refractivity contribution is 0.588. The van der Waals surface area contributed by atoms with Crippen LogP contribution in [0.5, 0.6) is 0 Å². The van der Waals surface area contributed by atoms with Gasteiger partial charge in [0.25, 0.3) is 0 Å². The highest BCUT2D eigenvalue weighted by atomic mass is 32.2. The van der Waals surface area contributed by atoms with Gasteiger partial charge in [-0.15, -0.1) is 0 Å². The Morgan fingerprint density at radius 3 is 2.75 bits per heavy atom. The average Bonchev–Trinajstić information content (AvgIpc) is 2.91. The summed E-state index contributed by atoms with van der Waals surface area (Å²) < 4.78 is 24.7. The quantitative estimate of drug-likeness (QED) is 0.873. The molecule has 1 unspecified atom stereocenters. The fourth-order valence-corrected chi connectivity index (χ4v) is 4.34. The molecule has 2 rings (SSSR count). The van der Waals surface area contributed by atoms with Crippen molar-refractivity contribution in [2.24, 2.45) is 0 Å². The van der Waals surface area contributed by atoms with Crippen molar-refractivity contribution in [2.45, 2.75) is 37.1 Å². The molecule has 112 valence electrons. The lowest BCUT2D eigenvalue weighted by Crippen LogP contribution is -2.35. The van der Waals surface area contributed by atoms with Crippen LogP contribution in [0.3, 0.4) is 0 Å².